The second-order valence-corrected chi connectivity index (χ2v) is 7.87. The molecular weight excluding hydrogens is 414 g/mol. The van der Waals surface area contributed by atoms with Gasteiger partial charge in [-0.1, -0.05) is 18.5 Å². The highest BCUT2D eigenvalue weighted by Gasteiger charge is 2.61. The fraction of sp³-hybridized carbons (Fsp3) is 0.476. The lowest BCUT2D eigenvalue weighted by Gasteiger charge is -2.37. The summed E-state index contributed by atoms with van der Waals surface area (Å²) < 4.78 is 16.6. The Morgan fingerprint density at radius 1 is 1.37 bits per heavy atom. The normalized spacial score (nSPS) is 24.8. The molecule has 1 aromatic carbocycles. The predicted molar refractivity (Wildman–Crippen MR) is 110 cm³/mol. The summed E-state index contributed by atoms with van der Waals surface area (Å²) in [5, 5.41) is 20.7. The van der Waals surface area contributed by atoms with Crippen molar-refractivity contribution in [2.24, 2.45) is 10.9 Å². The minimum Gasteiger partial charge on any atom is -0.507 e. The topological polar surface area (TPSA) is 115 Å². The lowest BCUT2D eigenvalue weighted by atomic mass is 9.72. The molecule has 1 heterocycles. The largest absolute Gasteiger partial charge is 0.507 e. The van der Waals surface area contributed by atoms with Gasteiger partial charge >= 0.3 is 0 Å². The molecule has 2 N–H and O–H groups in total. The van der Waals surface area contributed by atoms with Crippen molar-refractivity contribution in [2.75, 3.05) is 20.8 Å². The van der Waals surface area contributed by atoms with Crippen LogP contribution in [0.3, 0.4) is 0 Å². The lowest BCUT2D eigenvalue weighted by Crippen LogP contribution is -2.53. The van der Waals surface area contributed by atoms with Crippen molar-refractivity contribution in [3.05, 3.63) is 28.0 Å². The number of benzene rings is 1. The van der Waals surface area contributed by atoms with E-state index in [2.05, 4.69) is 4.99 Å². The number of aliphatic imine (C=N–C) groups is 1. The molecule has 1 aromatic rings. The Balaban J connectivity index is 2.23. The van der Waals surface area contributed by atoms with Crippen molar-refractivity contribution in [3.63, 3.8) is 0 Å². The van der Waals surface area contributed by atoms with Crippen LogP contribution in [0.2, 0.25) is 5.02 Å². The van der Waals surface area contributed by atoms with Gasteiger partial charge in [-0.05, 0) is 13.8 Å². The molecule has 0 fully saturated rings. The minimum absolute atomic E-state index is 0.0311. The standard InChI is InChI=1S/C21H24ClNO7/c1-9-6-12(25)15(11(3)23-8-10(2)24)19(26)21(9)20(27)16-13(28-4)7-14(29-5)17(22)18(16)30-21/h7,9-10,24,26H,6,8H2,1-5H3/t9-,10-,21+/m1/s1. The summed E-state index contributed by atoms with van der Waals surface area (Å²) in [5.41, 5.74) is -1.63. The summed E-state index contributed by atoms with van der Waals surface area (Å²) in [6.07, 6.45) is -0.768. The average molecular weight is 438 g/mol. The van der Waals surface area contributed by atoms with Crippen LogP contribution in [0.1, 0.15) is 37.6 Å². The van der Waals surface area contributed by atoms with E-state index in [4.69, 9.17) is 25.8 Å². The Labute approximate surface area is 179 Å². The molecule has 0 radical (unpaired) electrons. The van der Waals surface area contributed by atoms with Crippen LogP contribution in [0.25, 0.3) is 0 Å². The van der Waals surface area contributed by atoms with Crippen molar-refractivity contribution in [3.8, 4) is 17.2 Å². The van der Waals surface area contributed by atoms with E-state index in [-0.39, 0.29) is 57.9 Å². The van der Waals surface area contributed by atoms with Crippen molar-refractivity contribution < 1.29 is 34.0 Å². The summed E-state index contributed by atoms with van der Waals surface area (Å²) in [4.78, 5) is 30.5. The van der Waals surface area contributed by atoms with Crippen LogP contribution in [-0.4, -0.2) is 60.0 Å². The third-order valence-corrected chi connectivity index (χ3v) is 5.78. The van der Waals surface area contributed by atoms with Gasteiger partial charge in [-0.2, -0.15) is 0 Å². The second kappa shape index (κ2) is 7.92. The summed E-state index contributed by atoms with van der Waals surface area (Å²) in [7, 11) is 2.81. The molecule has 0 aromatic heterocycles. The van der Waals surface area contributed by atoms with Crippen LogP contribution < -0.4 is 14.2 Å². The zero-order chi connectivity index (χ0) is 22.4. The maximum Gasteiger partial charge on any atom is 0.231 e. The molecule has 162 valence electrons. The first-order chi connectivity index (χ1) is 14.1. The molecule has 9 heteroatoms. The Kier molecular flexibility index (Phi) is 5.84. The first-order valence-corrected chi connectivity index (χ1v) is 9.82. The van der Waals surface area contributed by atoms with Gasteiger partial charge in [0.25, 0.3) is 0 Å². The van der Waals surface area contributed by atoms with Crippen molar-refractivity contribution in [1.82, 2.24) is 0 Å². The van der Waals surface area contributed by atoms with E-state index in [1.54, 1.807) is 20.8 Å². The number of fused-ring (bicyclic) bond motifs is 1. The maximum atomic E-state index is 13.6. The number of hydrogen-bond donors (Lipinski definition) is 2. The Morgan fingerprint density at radius 2 is 2.00 bits per heavy atom. The van der Waals surface area contributed by atoms with Crippen molar-refractivity contribution in [1.29, 1.82) is 0 Å². The Bertz CT molecular complexity index is 982. The van der Waals surface area contributed by atoms with Crippen molar-refractivity contribution in [2.45, 2.75) is 38.9 Å². The molecule has 1 aliphatic heterocycles. The molecule has 8 nitrogen and oxygen atoms in total. The summed E-state index contributed by atoms with van der Waals surface area (Å²) in [6.45, 7) is 4.79. The number of halogens is 1. The third-order valence-electron chi connectivity index (χ3n) is 5.43. The van der Waals surface area contributed by atoms with Crippen LogP contribution in [-0.2, 0) is 4.79 Å². The van der Waals surface area contributed by atoms with Gasteiger partial charge in [-0.3, -0.25) is 14.6 Å². The lowest BCUT2D eigenvalue weighted by molar-refractivity contribution is -0.118. The maximum absolute atomic E-state index is 13.6. The molecule has 2 aliphatic rings. The number of nitrogens with zero attached hydrogens (tertiary/aromatic N) is 1. The monoisotopic (exact) mass is 437 g/mol. The molecule has 3 rings (SSSR count). The van der Waals surface area contributed by atoms with Crippen LogP contribution in [0.5, 0.6) is 17.2 Å². The highest BCUT2D eigenvalue weighted by molar-refractivity contribution is 6.35. The van der Waals surface area contributed by atoms with Crippen LogP contribution in [0, 0.1) is 5.92 Å². The van der Waals surface area contributed by atoms with Crippen LogP contribution >= 0.6 is 11.6 Å². The predicted octanol–water partition coefficient (Wildman–Crippen LogP) is 2.93. The number of rotatable bonds is 5. The number of ether oxygens (including phenoxy) is 3. The molecule has 1 aliphatic carbocycles. The zero-order valence-electron chi connectivity index (χ0n) is 17.4. The van der Waals surface area contributed by atoms with E-state index < -0.39 is 29.2 Å². The Hall–Kier alpha value is -2.58. The molecule has 0 saturated carbocycles. The number of hydrogen-bond acceptors (Lipinski definition) is 8. The fourth-order valence-electron chi connectivity index (χ4n) is 3.88. The van der Waals surface area contributed by atoms with E-state index in [0.717, 1.165) is 0 Å². The number of ketones is 2. The van der Waals surface area contributed by atoms with Gasteiger partial charge in [0, 0.05) is 24.1 Å². The Morgan fingerprint density at radius 3 is 2.57 bits per heavy atom. The van der Waals surface area contributed by atoms with Crippen molar-refractivity contribution >= 4 is 28.9 Å². The number of carbonyl (C=O) groups excluding carboxylic acids is 2. The molecule has 3 atom stereocenters. The summed E-state index contributed by atoms with van der Waals surface area (Å²) in [5.74, 6) is -1.65. The van der Waals surface area contributed by atoms with Gasteiger partial charge in [-0.15, -0.1) is 0 Å². The summed E-state index contributed by atoms with van der Waals surface area (Å²) in [6, 6.07) is 1.47. The molecule has 0 unspecified atom stereocenters. The molecule has 0 bridgehead atoms. The van der Waals surface area contributed by atoms with Gasteiger partial charge in [0.1, 0.15) is 22.1 Å². The average Bonchev–Trinajstić information content (AvgIpc) is 3.00. The molecular formula is C21H24ClNO7. The van der Waals surface area contributed by atoms with Gasteiger partial charge in [0.15, 0.2) is 17.3 Å². The number of carbonyl (C=O) groups is 2. The van der Waals surface area contributed by atoms with E-state index in [1.165, 1.54) is 20.3 Å². The number of aliphatic hydroxyl groups excluding tert-OH is 2. The molecule has 0 saturated heterocycles. The smallest absolute Gasteiger partial charge is 0.231 e. The van der Waals surface area contributed by atoms with Gasteiger partial charge in [-0.25, -0.2) is 0 Å². The number of Topliss-reactive ketones (excluding diaryl/α,β-unsaturated/α-hetero) is 2. The quantitative estimate of drug-likeness (QED) is 0.680. The van der Waals surface area contributed by atoms with Gasteiger partial charge < -0.3 is 24.4 Å². The summed E-state index contributed by atoms with van der Waals surface area (Å²) >= 11 is 6.38. The zero-order valence-corrected chi connectivity index (χ0v) is 18.2. The van der Waals surface area contributed by atoms with E-state index in [1.807, 2.05) is 0 Å². The fourth-order valence-corrected chi connectivity index (χ4v) is 4.14. The molecule has 30 heavy (non-hydrogen) atoms. The highest BCUT2D eigenvalue weighted by Crippen LogP contribution is 2.54. The minimum atomic E-state index is -1.84. The number of aliphatic hydroxyl groups is 2. The highest BCUT2D eigenvalue weighted by atomic mass is 35.5. The van der Waals surface area contributed by atoms with E-state index >= 15 is 0 Å². The number of methoxy groups -OCH3 is 2. The van der Waals surface area contributed by atoms with Crippen LogP contribution in [0.15, 0.2) is 22.4 Å². The first-order valence-electron chi connectivity index (χ1n) is 9.44. The van der Waals surface area contributed by atoms with Gasteiger partial charge in [0.2, 0.25) is 11.4 Å². The van der Waals surface area contributed by atoms with E-state index in [0.29, 0.717) is 0 Å². The van der Waals surface area contributed by atoms with Crippen LogP contribution in [0.4, 0.5) is 0 Å². The first kappa shape index (κ1) is 22.1. The van der Waals surface area contributed by atoms with E-state index in [9.17, 15) is 19.8 Å². The third kappa shape index (κ3) is 3.15. The number of allylic oxidation sites excluding steroid dienone is 1. The molecule has 0 amide bonds. The van der Waals surface area contributed by atoms with Gasteiger partial charge in [0.05, 0.1) is 32.4 Å². The SMILES string of the molecule is COc1cc(OC)c2c(c1Cl)O[C@]1(C2=O)C(O)=C(C(C)=NC[C@@H](C)O)C(=O)C[C@H]1C. The molecule has 1 spiro atoms. The second-order valence-electron chi connectivity index (χ2n) is 7.49.